The highest BCUT2D eigenvalue weighted by atomic mass is 16.5. The van der Waals surface area contributed by atoms with Crippen LogP contribution in [-0.2, 0) is 28.5 Å². The summed E-state index contributed by atoms with van der Waals surface area (Å²) in [6, 6.07) is 0. The monoisotopic (exact) mass is 338 g/mol. The Hall–Kier alpha value is -1.26. The highest BCUT2D eigenvalue weighted by Crippen LogP contribution is 1.81. The fraction of sp³-hybridized carbons (Fsp3) is 0.857. The van der Waals surface area contributed by atoms with Crippen molar-refractivity contribution in [1.29, 1.82) is 0 Å². The number of nitrogens with one attached hydrogen (secondary N) is 1. The van der Waals surface area contributed by atoms with E-state index in [0.29, 0.717) is 39.5 Å². The Morgan fingerprint density at radius 2 is 1.39 bits per heavy atom. The van der Waals surface area contributed by atoms with Gasteiger partial charge in [-0.15, -0.1) is 0 Å². The number of carbonyl (C=O) groups excluding carboxylic acids is 1. The van der Waals surface area contributed by atoms with E-state index >= 15 is 0 Å². The van der Waals surface area contributed by atoms with Gasteiger partial charge in [-0.2, -0.15) is 0 Å². The lowest BCUT2D eigenvalue weighted by atomic mass is 10.6. The van der Waals surface area contributed by atoms with Gasteiger partial charge in [0, 0.05) is 13.1 Å². The topological polar surface area (TPSA) is 129 Å². The number of amides is 1. The molecule has 0 unspecified atom stereocenters. The number of ether oxygens (including phenoxy) is 4. The third-order valence-corrected chi connectivity index (χ3v) is 2.03. The van der Waals surface area contributed by atoms with E-state index in [4.69, 9.17) is 29.8 Å². The van der Waals surface area contributed by atoms with Crippen LogP contribution in [0.4, 0.5) is 0 Å². The molecule has 0 aromatic carbocycles. The van der Waals surface area contributed by atoms with E-state index in [2.05, 4.69) is 5.32 Å². The smallest absolute Gasteiger partial charge is 0.329 e. The molecule has 0 saturated heterocycles. The average molecular weight is 338 g/mol. The standard InChI is InChI=1S/C12H24N2O7.C2H6/c13-1-3-18-5-7-20-9-11(15)14-2-4-19-6-8-21-10-12(16)17;1-2/h1-10,13H2,(H,14,15)(H,16,17);1-2H3. The lowest BCUT2D eigenvalue weighted by Gasteiger charge is -2.07. The zero-order chi connectivity index (χ0) is 17.8. The van der Waals surface area contributed by atoms with Gasteiger partial charge in [0.25, 0.3) is 0 Å². The van der Waals surface area contributed by atoms with Crippen LogP contribution in [0.3, 0.4) is 0 Å². The van der Waals surface area contributed by atoms with Crippen molar-refractivity contribution in [3.63, 3.8) is 0 Å². The minimum absolute atomic E-state index is 0.0340. The molecule has 0 saturated carbocycles. The number of rotatable bonds is 15. The van der Waals surface area contributed by atoms with Crippen LogP contribution >= 0.6 is 0 Å². The van der Waals surface area contributed by atoms with Gasteiger partial charge in [0.1, 0.15) is 13.2 Å². The van der Waals surface area contributed by atoms with Crippen LogP contribution in [0.2, 0.25) is 0 Å². The zero-order valence-electron chi connectivity index (χ0n) is 14.0. The summed E-state index contributed by atoms with van der Waals surface area (Å²) in [5.41, 5.74) is 5.24. The molecule has 4 N–H and O–H groups in total. The van der Waals surface area contributed by atoms with Crippen LogP contribution in [0, 0.1) is 0 Å². The summed E-state index contributed by atoms with van der Waals surface area (Å²) in [4.78, 5) is 21.4. The summed E-state index contributed by atoms with van der Waals surface area (Å²) in [7, 11) is 0. The Morgan fingerprint density at radius 1 is 0.870 bits per heavy atom. The second-order valence-corrected chi connectivity index (χ2v) is 3.86. The summed E-state index contributed by atoms with van der Waals surface area (Å²) >= 11 is 0. The highest BCUT2D eigenvalue weighted by molar-refractivity contribution is 5.77. The first-order valence-corrected chi connectivity index (χ1v) is 7.66. The number of hydrogen-bond donors (Lipinski definition) is 3. The van der Waals surface area contributed by atoms with Gasteiger partial charge >= 0.3 is 5.97 Å². The van der Waals surface area contributed by atoms with E-state index in [9.17, 15) is 9.59 Å². The highest BCUT2D eigenvalue weighted by Gasteiger charge is 2.00. The van der Waals surface area contributed by atoms with Crippen molar-refractivity contribution in [2.45, 2.75) is 13.8 Å². The van der Waals surface area contributed by atoms with Crippen molar-refractivity contribution in [3.05, 3.63) is 0 Å². The van der Waals surface area contributed by atoms with E-state index < -0.39 is 5.97 Å². The molecule has 0 aliphatic carbocycles. The SMILES string of the molecule is CC.NCCOCCOCC(=O)NCCOCCOCC(=O)O. The second kappa shape index (κ2) is 20.7. The average Bonchev–Trinajstić information content (AvgIpc) is 2.55. The minimum atomic E-state index is -1.02. The lowest BCUT2D eigenvalue weighted by Crippen LogP contribution is -2.31. The number of carboxylic acids is 1. The summed E-state index contributed by atoms with van der Waals surface area (Å²) in [6.45, 7) is 6.46. The van der Waals surface area contributed by atoms with Crippen LogP contribution in [0.1, 0.15) is 13.8 Å². The third kappa shape index (κ3) is 23.1. The van der Waals surface area contributed by atoms with Gasteiger partial charge in [0.05, 0.1) is 39.6 Å². The first kappa shape index (κ1) is 24.0. The number of aliphatic carboxylic acids is 1. The lowest BCUT2D eigenvalue weighted by molar-refractivity contribution is -0.142. The number of hydrogen-bond acceptors (Lipinski definition) is 7. The molecule has 9 nitrogen and oxygen atoms in total. The van der Waals surface area contributed by atoms with Crippen molar-refractivity contribution in [2.75, 3.05) is 65.9 Å². The number of nitrogens with two attached hydrogens (primary N) is 1. The molecular weight excluding hydrogens is 308 g/mol. The molecule has 0 spiro atoms. The quantitative estimate of drug-likeness (QED) is 0.332. The van der Waals surface area contributed by atoms with Gasteiger partial charge in [-0.05, 0) is 0 Å². The van der Waals surface area contributed by atoms with E-state index in [1.807, 2.05) is 13.8 Å². The molecule has 1 amide bonds. The molecule has 0 aromatic heterocycles. The summed E-state index contributed by atoms with van der Waals surface area (Å²) in [5.74, 6) is -1.25. The third-order valence-electron chi connectivity index (χ3n) is 2.03. The van der Waals surface area contributed by atoms with E-state index in [-0.39, 0.29) is 32.3 Å². The van der Waals surface area contributed by atoms with Gasteiger partial charge in [-0.3, -0.25) is 4.79 Å². The molecule has 0 rings (SSSR count). The maximum Gasteiger partial charge on any atom is 0.329 e. The van der Waals surface area contributed by atoms with E-state index in [1.54, 1.807) is 0 Å². The Balaban J connectivity index is 0. The largest absolute Gasteiger partial charge is 0.480 e. The van der Waals surface area contributed by atoms with Crippen LogP contribution in [0.15, 0.2) is 0 Å². The Kier molecular flexibility index (Phi) is 21.6. The Labute approximate surface area is 137 Å². The van der Waals surface area contributed by atoms with Gasteiger partial charge in [0.15, 0.2) is 0 Å². The van der Waals surface area contributed by atoms with E-state index in [1.165, 1.54) is 0 Å². The Bertz CT molecular complexity index is 278. The fourth-order valence-electron chi connectivity index (χ4n) is 1.16. The van der Waals surface area contributed by atoms with Crippen molar-refractivity contribution in [3.8, 4) is 0 Å². The molecule has 0 aliphatic heterocycles. The molecule has 0 atom stereocenters. The molecule has 0 radical (unpaired) electrons. The van der Waals surface area contributed by atoms with Crippen LogP contribution in [0.25, 0.3) is 0 Å². The number of carbonyl (C=O) groups is 2. The fourth-order valence-corrected chi connectivity index (χ4v) is 1.16. The normalized spacial score (nSPS) is 9.87. The van der Waals surface area contributed by atoms with Gasteiger partial charge < -0.3 is 35.1 Å². The molecule has 0 aromatic rings. The van der Waals surface area contributed by atoms with Crippen molar-refractivity contribution in [1.82, 2.24) is 5.32 Å². The maximum absolute atomic E-state index is 11.3. The van der Waals surface area contributed by atoms with Crippen LogP contribution in [-0.4, -0.2) is 82.9 Å². The van der Waals surface area contributed by atoms with Crippen LogP contribution < -0.4 is 11.1 Å². The maximum atomic E-state index is 11.3. The van der Waals surface area contributed by atoms with Gasteiger partial charge in [0.2, 0.25) is 5.91 Å². The Morgan fingerprint density at radius 3 is 1.96 bits per heavy atom. The molecule has 138 valence electrons. The molecule has 0 bridgehead atoms. The van der Waals surface area contributed by atoms with Gasteiger partial charge in [-0.1, -0.05) is 13.8 Å². The van der Waals surface area contributed by atoms with Crippen molar-refractivity contribution in [2.24, 2.45) is 5.73 Å². The second-order valence-electron chi connectivity index (χ2n) is 3.86. The molecular formula is C14H30N2O7. The first-order chi connectivity index (χ1) is 11.2. The number of carboxylic acid groups (broad SMARTS) is 1. The predicted molar refractivity (Wildman–Crippen MR) is 84.3 cm³/mol. The van der Waals surface area contributed by atoms with Crippen molar-refractivity contribution >= 4 is 11.9 Å². The summed E-state index contributed by atoms with van der Waals surface area (Å²) < 4.78 is 20.0. The van der Waals surface area contributed by atoms with E-state index in [0.717, 1.165) is 0 Å². The summed E-state index contributed by atoms with van der Waals surface area (Å²) in [6.07, 6.45) is 0. The molecule has 23 heavy (non-hydrogen) atoms. The minimum Gasteiger partial charge on any atom is -0.480 e. The first-order valence-electron chi connectivity index (χ1n) is 7.66. The zero-order valence-corrected chi connectivity index (χ0v) is 14.0. The van der Waals surface area contributed by atoms with Gasteiger partial charge in [-0.25, -0.2) is 4.79 Å². The predicted octanol–water partition coefficient (Wildman–Crippen LogP) is -0.761. The molecule has 0 heterocycles. The molecule has 0 fully saturated rings. The van der Waals surface area contributed by atoms with Crippen molar-refractivity contribution < 1.29 is 33.6 Å². The summed E-state index contributed by atoms with van der Waals surface area (Å²) in [5, 5.41) is 10.9. The van der Waals surface area contributed by atoms with Crippen LogP contribution in [0.5, 0.6) is 0 Å². The molecule has 9 heteroatoms. The molecule has 0 aliphatic rings.